The maximum Gasteiger partial charge on any atom is 0.0159 e. The Morgan fingerprint density at radius 3 is 1.12 bits per heavy atom. The van der Waals surface area contributed by atoms with Gasteiger partial charge in [-0.25, -0.2) is 0 Å². The van der Waals surface area contributed by atoms with Crippen LogP contribution in [0.3, 0.4) is 0 Å². The van der Waals surface area contributed by atoms with Gasteiger partial charge in [-0.3, -0.25) is 0 Å². The van der Waals surface area contributed by atoms with Crippen LogP contribution in [0.25, 0.3) is 33.4 Å². The number of fused-ring (bicyclic) bond motifs is 3. The first-order chi connectivity index (χ1) is 15.8. The summed E-state index contributed by atoms with van der Waals surface area (Å²) in [6.45, 7) is 13.7. The molecule has 1 aliphatic rings. The second-order valence-electron chi connectivity index (χ2n) is 10.7. The van der Waals surface area contributed by atoms with Crippen molar-refractivity contribution >= 4 is 0 Å². The van der Waals surface area contributed by atoms with Crippen LogP contribution in [0, 0.1) is 0 Å². The Balaban J connectivity index is 1.53. The van der Waals surface area contributed by atoms with Crippen molar-refractivity contribution in [2.75, 3.05) is 0 Å². The van der Waals surface area contributed by atoms with E-state index in [0.717, 1.165) is 0 Å². The predicted octanol–water partition coefficient (Wildman–Crippen LogP) is 9.57. The Kier molecular flexibility index (Phi) is 5.28. The van der Waals surface area contributed by atoms with Crippen molar-refractivity contribution in [1.29, 1.82) is 0 Å². The Morgan fingerprint density at radius 1 is 0.455 bits per heavy atom. The average molecular weight is 431 g/mol. The molecule has 0 saturated heterocycles. The SMILES string of the molecule is CC(C)c1ccc(-c2ccc3c(c2)C(C)(C)c2cc(-c4ccc(C(C)C)cc4)ccc2-3)cc1. The highest BCUT2D eigenvalue weighted by Crippen LogP contribution is 2.50. The van der Waals surface area contributed by atoms with E-state index < -0.39 is 0 Å². The van der Waals surface area contributed by atoms with Gasteiger partial charge in [0, 0.05) is 5.41 Å². The lowest BCUT2D eigenvalue weighted by molar-refractivity contribution is 0.661. The van der Waals surface area contributed by atoms with Gasteiger partial charge >= 0.3 is 0 Å². The first kappa shape index (κ1) is 21.7. The van der Waals surface area contributed by atoms with Crippen LogP contribution in [-0.4, -0.2) is 0 Å². The van der Waals surface area contributed by atoms with Crippen LogP contribution in [0.5, 0.6) is 0 Å². The quantitative estimate of drug-likeness (QED) is 0.302. The Morgan fingerprint density at radius 2 is 0.788 bits per heavy atom. The molecule has 0 atom stereocenters. The molecule has 166 valence electrons. The fraction of sp³-hybridized carbons (Fsp3) is 0.273. The predicted molar refractivity (Wildman–Crippen MR) is 143 cm³/mol. The minimum Gasteiger partial charge on any atom is -0.0587 e. The fourth-order valence-electron chi connectivity index (χ4n) is 5.22. The zero-order valence-corrected chi connectivity index (χ0v) is 20.7. The summed E-state index contributed by atoms with van der Waals surface area (Å²) in [6, 6.07) is 32.2. The normalized spacial score (nSPS) is 13.9. The van der Waals surface area contributed by atoms with Crippen LogP contribution >= 0.6 is 0 Å². The molecule has 0 N–H and O–H groups in total. The molecule has 0 spiro atoms. The Hall–Kier alpha value is -3.12. The van der Waals surface area contributed by atoms with Crippen LogP contribution < -0.4 is 0 Å². The number of benzene rings is 4. The van der Waals surface area contributed by atoms with E-state index in [1.54, 1.807) is 0 Å². The van der Waals surface area contributed by atoms with E-state index in [-0.39, 0.29) is 5.41 Å². The largest absolute Gasteiger partial charge is 0.0587 e. The molecule has 0 nitrogen and oxygen atoms in total. The average Bonchev–Trinajstić information content (AvgIpc) is 3.05. The summed E-state index contributed by atoms with van der Waals surface area (Å²) in [4.78, 5) is 0. The van der Waals surface area contributed by atoms with Gasteiger partial charge in [-0.1, -0.05) is 114 Å². The molecule has 1 aliphatic carbocycles. The van der Waals surface area contributed by atoms with E-state index in [1.165, 1.54) is 55.6 Å². The number of hydrogen-bond donors (Lipinski definition) is 0. The molecular formula is C33H34. The minimum atomic E-state index is -0.0214. The first-order valence-corrected chi connectivity index (χ1v) is 12.3. The third-order valence-corrected chi connectivity index (χ3v) is 7.50. The molecule has 0 heteroatoms. The minimum absolute atomic E-state index is 0.0214. The molecule has 0 fully saturated rings. The molecule has 0 aliphatic heterocycles. The van der Waals surface area contributed by atoms with Crippen LogP contribution in [0.2, 0.25) is 0 Å². The van der Waals surface area contributed by atoms with Crippen LogP contribution in [-0.2, 0) is 5.41 Å². The summed E-state index contributed by atoms with van der Waals surface area (Å²) >= 11 is 0. The second kappa shape index (κ2) is 8.03. The van der Waals surface area contributed by atoms with Gasteiger partial charge in [-0.15, -0.1) is 0 Å². The molecule has 0 amide bonds. The van der Waals surface area contributed by atoms with Gasteiger partial charge in [-0.05, 0) is 79.6 Å². The molecule has 0 bridgehead atoms. The summed E-state index contributed by atoms with van der Waals surface area (Å²) < 4.78 is 0. The van der Waals surface area contributed by atoms with Gasteiger partial charge in [0.05, 0.1) is 0 Å². The molecule has 0 radical (unpaired) electrons. The van der Waals surface area contributed by atoms with Gasteiger partial charge in [0.25, 0.3) is 0 Å². The summed E-state index contributed by atoms with van der Waals surface area (Å²) in [5, 5.41) is 0. The fourth-order valence-corrected chi connectivity index (χ4v) is 5.22. The lowest BCUT2D eigenvalue weighted by atomic mass is 9.80. The van der Waals surface area contributed by atoms with E-state index in [4.69, 9.17) is 0 Å². The Bertz CT molecular complexity index is 1200. The highest BCUT2D eigenvalue weighted by molar-refractivity contribution is 5.85. The van der Waals surface area contributed by atoms with E-state index in [2.05, 4.69) is 126 Å². The van der Waals surface area contributed by atoms with Crippen molar-refractivity contribution in [3.8, 4) is 33.4 Å². The highest BCUT2D eigenvalue weighted by atomic mass is 14.4. The second-order valence-corrected chi connectivity index (χ2v) is 10.7. The van der Waals surface area contributed by atoms with Crippen molar-refractivity contribution in [2.45, 2.75) is 58.8 Å². The van der Waals surface area contributed by atoms with Gasteiger partial charge in [0.15, 0.2) is 0 Å². The maximum atomic E-state index is 2.41. The number of rotatable bonds is 4. The smallest absolute Gasteiger partial charge is 0.0159 e. The van der Waals surface area contributed by atoms with E-state index in [1.807, 2.05) is 0 Å². The molecular weight excluding hydrogens is 396 g/mol. The molecule has 0 unspecified atom stereocenters. The van der Waals surface area contributed by atoms with Gasteiger partial charge in [0.2, 0.25) is 0 Å². The van der Waals surface area contributed by atoms with Crippen molar-refractivity contribution in [3.63, 3.8) is 0 Å². The first-order valence-electron chi connectivity index (χ1n) is 12.3. The lowest BCUT2D eigenvalue weighted by Gasteiger charge is -2.23. The van der Waals surface area contributed by atoms with E-state index in [9.17, 15) is 0 Å². The number of hydrogen-bond acceptors (Lipinski definition) is 0. The van der Waals surface area contributed by atoms with Crippen molar-refractivity contribution in [3.05, 3.63) is 107 Å². The Labute approximate surface area is 199 Å². The van der Waals surface area contributed by atoms with E-state index >= 15 is 0 Å². The molecule has 4 aromatic rings. The summed E-state index contributed by atoms with van der Waals surface area (Å²) in [7, 11) is 0. The van der Waals surface area contributed by atoms with Gasteiger partial charge < -0.3 is 0 Å². The topological polar surface area (TPSA) is 0 Å². The van der Waals surface area contributed by atoms with Crippen LogP contribution in [0.15, 0.2) is 84.9 Å². The van der Waals surface area contributed by atoms with Crippen molar-refractivity contribution in [2.24, 2.45) is 0 Å². The van der Waals surface area contributed by atoms with Crippen LogP contribution in [0.4, 0.5) is 0 Å². The monoisotopic (exact) mass is 430 g/mol. The maximum absolute atomic E-state index is 2.41. The molecule has 0 aromatic heterocycles. The van der Waals surface area contributed by atoms with Gasteiger partial charge in [-0.2, -0.15) is 0 Å². The zero-order valence-electron chi connectivity index (χ0n) is 20.7. The lowest BCUT2D eigenvalue weighted by Crippen LogP contribution is -2.15. The molecule has 4 aromatic carbocycles. The standard InChI is InChI=1S/C33H34/c1-21(2)23-7-11-25(12-8-23)27-15-17-29-30-18-16-28(20-32(30)33(5,6)31(29)19-27)26-13-9-24(10-14-26)22(3)4/h7-22H,1-6H3. The summed E-state index contributed by atoms with van der Waals surface area (Å²) in [5.74, 6) is 1.12. The third kappa shape index (κ3) is 3.72. The van der Waals surface area contributed by atoms with Crippen molar-refractivity contribution < 1.29 is 0 Å². The molecule has 0 saturated carbocycles. The summed E-state index contributed by atoms with van der Waals surface area (Å²) in [5.41, 5.74) is 13.5. The van der Waals surface area contributed by atoms with Gasteiger partial charge in [0.1, 0.15) is 0 Å². The van der Waals surface area contributed by atoms with E-state index in [0.29, 0.717) is 11.8 Å². The molecule has 0 heterocycles. The zero-order chi connectivity index (χ0) is 23.3. The molecule has 33 heavy (non-hydrogen) atoms. The van der Waals surface area contributed by atoms with Crippen molar-refractivity contribution in [1.82, 2.24) is 0 Å². The van der Waals surface area contributed by atoms with Crippen LogP contribution in [0.1, 0.15) is 75.6 Å². The summed E-state index contributed by atoms with van der Waals surface area (Å²) in [6.07, 6.45) is 0. The third-order valence-electron chi connectivity index (χ3n) is 7.50. The molecule has 5 rings (SSSR count). The highest BCUT2D eigenvalue weighted by Gasteiger charge is 2.35.